The minimum Gasteiger partial charge on any atom is -0.449 e. The van der Waals surface area contributed by atoms with Crippen LogP contribution in [0.3, 0.4) is 0 Å². The summed E-state index contributed by atoms with van der Waals surface area (Å²) in [5, 5.41) is 11.8. The number of H-pyrrole nitrogens is 1. The standard InChI is InChI=1S/C44H53N9O7/c1-25-40(56)52-37(21-27-23-49-34-17-7-6-12-28(27)34)38(54)22-26(11-10-20-48-43(46)47)41(57)51-35(39(45)55)18-8-9-19-36(42(58)50-25)53-44(59)60-24-33-31-15-4-2-13-29(31)30-14-3-5-16-32(30)33/h2-7,12-17,23,25-26,33,35-37,49H,8-11,18-22,24H2,1H3,(H2,45,55)(H,50,58)(H,51,57)(H,52,56)(H,53,59)(H4,46,47,48)/t25-,26+,35-,36-,37-/m0/s1. The van der Waals surface area contributed by atoms with Crippen molar-refractivity contribution in [2.24, 2.45) is 28.1 Å². The number of alkyl carbamates (subject to hydrolysis) is 1. The molecule has 11 N–H and O–H groups in total. The maximum atomic E-state index is 14.2. The number of primary amides is 1. The zero-order valence-corrected chi connectivity index (χ0v) is 33.6. The van der Waals surface area contributed by atoms with E-state index < -0.39 is 65.6 Å². The normalized spacial score (nSPS) is 21.7. The number of amides is 5. The lowest BCUT2D eigenvalue weighted by molar-refractivity contribution is -0.134. The van der Waals surface area contributed by atoms with Gasteiger partial charge in [0.2, 0.25) is 23.6 Å². The maximum Gasteiger partial charge on any atom is 0.407 e. The molecule has 0 spiro atoms. The van der Waals surface area contributed by atoms with Gasteiger partial charge in [0.05, 0.1) is 6.04 Å². The van der Waals surface area contributed by atoms with Crippen LogP contribution in [0.5, 0.6) is 0 Å². The molecule has 5 amide bonds. The number of benzene rings is 3. The first-order valence-electron chi connectivity index (χ1n) is 20.3. The number of nitrogens with zero attached hydrogens (tertiary/aromatic N) is 1. The van der Waals surface area contributed by atoms with Gasteiger partial charge in [0.25, 0.3) is 0 Å². The van der Waals surface area contributed by atoms with E-state index in [9.17, 15) is 28.8 Å². The number of guanidine groups is 1. The predicted molar refractivity (Wildman–Crippen MR) is 226 cm³/mol. The summed E-state index contributed by atoms with van der Waals surface area (Å²) in [5.74, 6) is -4.28. The number of aromatic amines is 1. The van der Waals surface area contributed by atoms with Crippen LogP contribution < -0.4 is 38.5 Å². The fraction of sp³-hybridized carbons (Fsp3) is 0.386. The average Bonchev–Trinajstić information content (AvgIpc) is 3.79. The van der Waals surface area contributed by atoms with Crippen molar-refractivity contribution in [3.8, 4) is 11.1 Å². The lowest BCUT2D eigenvalue weighted by Gasteiger charge is -2.24. The van der Waals surface area contributed by atoms with Crippen LogP contribution in [-0.2, 0) is 35.1 Å². The predicted octanol–water partition coefficient (Wildman–Crippen LogP) is 2.78. The van der Waals surface area contributed by atoms with Crippen molar-refractivity contribution < 1.29 is 33.5 Å². The molecule has 3 aromatic carbocycles. The molecule has 5 atom stereocenters. The Balaban J connectivity index is 1.21. The van der Waals surface area contributed by atoms with Gasteiger partial charge in [-0.3, -0.25) is 29.0 Å². The number of ketones is 1. The summed E-state index contributed by atoms with van der Waals surface area (Å²) in [4.78, 5) is 88.8. The second-order valence-electron chi connectivity index (χ2n) is 15.4. The van der Waals surface area contributed by atoms with Crippen LogP contribution in [0.25, 0.3) is 22.0 Å². The number of hydrogen-bond acceptors (Lipinski definition) is 8. The van der Waals surface area contributed by atoms with Crippen molar-refractivity contribution in [3.63, 3.8) is 0 Å². The number of carbonyl (C=O) groups excluding carboxylic acids is 6. The summed E-state index contributed by atoms with van der Waals surface area (Å²) < 4.78 is 5.74. The minimum atomic E-state index is -1.13. The smallest absolute Gasteiger partial charge is 0.407 e. The van der Waals surface area contributed by atoms with E-state index in [4.69, 9.17) is 21.9 Å². The Morgan fingerprint density at radius 2 is 1.48 bits per heavy atom. The second kappa shape index (κ2) is 19.8. The highest BCUT2D eigenvalue weighted by molar-refractivity contribution is 5.97. The van der Waals surface area contributed by atoms with E-state index in [0.717, 1.165) is 38.7 Å². The van der Waals surface area contributed by atoms with Gasteiger partial charge in [-0.2, -0.15) is 0 Å². The fourth-order valence-corrected chi connectivity index (χ4v) is 8.02. The van der Waals surface area contributed by atoms with Gasteiger partial charge in [0.15, 0.2) is 11.7 Å². The molecule has 0 bridgehead atoms. The molecule has 1 aliphatic carbocycles. The lowest BCUT2D eigenvalue weighted by Crippen LogP contribution is -2.55. The number of aliphatic imine (C=N–C) groups is 1. The molecule has 1 aromatic heterocycles. The summed E-state index contributed by atoms with van der Waals surface area (Å²) in [7, 11) is 0. The van der Waals surface area contributed by atoms with E-state index in [-0.39, 0.29) is 57.1 Å². The number of nitrogens with two attached hydrogens (primary N) is 3. The monoisotopic (exact) mass is 819 g/mol. The number of para-hydroxylation sites is 1. The van der Waals surface area contributed by atoms with Gasteiger partial charge in [0, 0.05) is 48.3 Å². The number of ether oxygens (including phenoxy) is 1. The second-order valence-corrected chi connectivity index (χ2v) is 15.4. The first kappa shape index (κ1) is 42.9. The van der Waals surface area contributed by atoms with Crippen molar-refractivity contribution in [1.29, 1.82) is 0 Å². The van der Waals surface area contributed by atoms with E-state index >= 15 is 0 Å². The van der Waals surface area contributed by atoms with Crippen molar-refractivity contribution in [3.05, 3.63) is 95.7 Å². The number of hydrogen-bond donors (Lipinski definition) is 8. The Bertz CT molecular complexity index is 2210. The molecule has 16 nitrogen and oxygen atoms in total. The summed E-state index contributed by atoms with van der Waals surface area (Å²) in [6, 6.07) is 18.9. The Kier molecular flexibility index (Phi) is 14.2. The molecule has 1 saturated heterocycles. The molecule has 16 heteroatoms. The third-order valence-electron chi connectivity index (χ3n) is 11.2. The van der Waals surface area contributed by atoms with Crippen LogP contribution in [0, 0.1) is 5.92 Å². The SMILES string of the molecule is C[C@@H]1NC(=O)[C@@H](NC(=O)OCC2c3ccccc3-c3ccccc32)CCCC[C@@H](C(N)=O)NC(=O)[C@H](CCCN=C(N)N)CC(=O)[C@H](Cc2c[nH]c3ccccc23)NC1=O. The average molecular weight is 820 g/mol. The van der Waals surface area contributed by atoms with E-state index in [1.165, 1.54) is 6.92 Å². The molecule has 6 rings (SSSR count). The fourth-order valence-electron chi connectivity index (χ4n) is 8.02. The quantitative estimate of drug-likeness (QED) is 0.0663. The molecule has 316 valence electrons. The van der Waals surface area contributed by atoms with Crippen molar-refractivity contribution in [2.45, 2.75) is 88.4 Å². The first-order valence-corrected chi connectivity index (χ1v) is 20.3. The molecule has 0 radical (unpaired) electrons. The van der Waals surface area contributed by atoms with Gasteiger partial charge in [-0.05, 0) is 66.5 Å². The van der Waals surface area contributed by atoms with E-state index in [1.54, 1.807) is 6.20 Å². The van der Waals surface area contributed by atoms with E-state index in [0.29, 0.717) is 19.3 Å². The Morgan fingerprint density at radius 1 is 0.817 bits per heavy atom. The Hall–Kier alpha value is -6.71. The van der Waals surface area contributed by atoms with Crippen LogP contribution in [0.1, 0.15) is 74.5 Å². The molecule has 4 aromatic rings. The number of rotatable bonds is 10. The summed E-state index contributed by atoms with van der Waals surface area (Å²) in [6.07, 6.45) is 2.19. The van der Waals surface area contributed by atoms with Crippen molar-refractivity contribution in [2.75, 3.05) is 13.2 Å². The number of fused-ring (bicyclic) bond motifs is 4. The number of Topliss-reactive ketones (excluding diaryl/α,β-unsaturated/α-hetero) is 1. The van der Waals surface area contributed by atoms with Gasteiger partial charge in [-0.15, -0.1) is 0 Å². The zero-order chi connectivity index (χ0) is 42.8. The first-order chi connectivity index (χ1) is 28.9. The molecule has 60 heavy (non-hydrogen) atoms. The molecule has 1 aliphatic heterocycles. The third-order valence-corrected chi connectivity index (χ3v) is 11.2. The molecular weight excluding hydrogens is 767 g/mol. The molecule has 0 unspecified atom stereocenters. The lowest BCUT2D eigenvalue weighted by atomic mass is 9.90. The third kappa shape index (κ3) is 10.7. The number of carbonyl (C=O) groups is 6. The van der Waals surface area contributed by atoms with Crippen molar-refractivity contribution in [1.82, 2.24) is 26.3 Å². The highest BCUT2D eigenvalue weighted by Gasteiger charge is 2.34. The Morgan fingerprint density at radius 3 is 2.18 bits per heavy atom. The number of nitrogens with one attached hydrogen (secondary N) is 5. The largest absolute Gasteiger partial charge is 0.449 e. The molecular formula is C44H53N9O7. The van der Waals surface area contributed by atoms with Gasteiger partial charge in [-0.1, -0.05) is 79.6 Å². The molecule has 0 saturated carbocycles. The summed E-state index contributed by atoms with van der Waals surface area (Å²) >= 11 is 0. The molecule has 2 aliphatic rings. The van der Waals surface area contributed by atoms with Crippen LogP contribution >= 0.6 is 0 Å². The van der Waals surface area contributed by atoms with Crippen LogP contribution in [0.4, 0.5) is 4.79 Å². The highest BCUT2D eigenvalue weighted by Crippen LogP contribution is 2.44. The zero-order valence-electron chi connectivity index (χ0n) is 33.6. The minimum absolute atomic E-state index is 0.0220. The summed E-state index contributed by atoms with van der Waals surface area (Å²) in [6.45, 7) is 1.71. The van der Waals surface area contributed by atoms with Crippen LogP contribution in [-0.4, -0.2) is 83.8 Å². The van der Waals surface area contributed by atoms with Gasteiger partial charge in [-0.25, -0.2) is 4.79 Å². The van der Waals surface area contributed by atoms with Crippen LogP contribution in [0.15, 0.2) is 84.0 Å². The van der Waals surface area contributed by atoms with Crippen molar-refractivity contribution >= 4 is 52.4 Å². The van der Waals surface area contributed by atoms with E-state index in [1.807, 2.05) is 72.8 Å². The van der Waals surface area contributed by atoms with Gasteiger partial charge >= 0.3 is 6.09 Å². The Labute approximate surface area is 347 Å². The van der Waals surface area contributed by atoms with Gasteiger partial charge in [0.1, 0.15) is 24.7 Å². The molecule has 1 fully saturated rings. The molecule has 2 heterocycles. The maximum absolute atomic E-state index is 14.2. The topological polar surface area (TPSA) is 266 Å². The number of aromatic nitrogens is 1. The van der Waals surface area contributed by atoms with E-state index in [2.05, 4.69) is 31.2 Å². The van der Waals surface area contributed by atoms with Crippen LogP contribution in [0.2, 0.25) is 0 Å². The van der Waals surface area contributed by atoms with Gasteiger partial charge < -0.3 is 48.2 Å². The highest BCUT2D eigenvalue weighted by atomic mass is 16.5. The summed E-state index contributed by atoms with van der Waals surface area (Å²) in [5.41, 5.74) is 22.5.